The Morgan fingerprint density at radius 1 is 1.11 bits per heavy atom. The first kappa shape index (κ1) is 21.5. The van der Waals surface area contributed by atoms with Crippen LogP contribution in [0, 0.1) is 0 Å². The van der Waals surface area contributed by atoms with E-state index in [9.17, 15) is 9.59 Å². The van der Waals surface area contributed by atoms with Gasteiger partial charge in [-0.05, 0) is 31.0 Å². The lowest BCUT2D eigenvalue weighted by Gasteiger charge is -2.14. The van der Waals surface area contributed by atoms with Gasteiger partial charge in [0, 0.05) is 38.6 Å². The summed E-state index contributed by atoms with van der Waals surface area (Å²) < 4.78 is 10.7. The second-order valence-corrected chi connectivity index (χ2v) is 6.35. The minimum Gasteiger partial charge on any atom is -0.385 e. The standard InChI is InChI=1S/C21H27N3O4/c1-16(28-15-17-7-4-3-5-8-17)14-24-20(25)18-9-11-22-19(13-18)21(26)23-10-6-12-27-2/h3-5,7-9,11,13,16H,6,10,12,14-15H2,1-2H3,(H,23,26)(H,24,25). The quantitative estimate of drug-likeness (QED) is 0.579. The van der Waals surface area contributed by atoms with Gasteiger partial charge in [-0.1, -0.05) is 30.3 Å². The van der Waals surface area contributed by atoms with Crippen molar-refractivity contribution in [1.29, 1.82) is 0 Å². The van der Waals surface area contributed by atoms with Crippen LogP contribution in [-0.4, -0.2) is 49.7 Å². The van der Waals surface area contributed by atoms with E-state index >= 15 is 0 Å². The molecule has 2 rings (SSSR count). The lowest BCUT2D eigenvalue weighted by Crippen LogP contribution is -2.32. The first-order valence-corrected chi connectivity index (χ1v) is 9.27. The molecule has 0 radical (unpaired) electrons. The van der Waals surface area contributed by atoms with E-state index in [0.29, 0.717) is 38.3 Å². The number of nitrogens with one attached hydrogen (secondary N) is 2. The Bertz CT molecular complexity index is 752. The van der Waals surface area contributed by atoms with E-state index in [1.165, 1.54) is 12.3 Å². The van der Waals surface area contributed by atoms with Gasteiger partial charge >= 0.3 is 0 Å². The number of aromatic nitrogens is 1. The van der Waals surface area contributed by atoms with Gasteiger partial charge in [0.15, 0.2) is 0 Å². The van der Waals surface area contributed by atoms with Crippen molar-refractivity contribution in [2.75, 3.05) is 26.8 Å². The van der Waals surface area contributed by atoms with Crippen LogP contribution in [0.25, 0.3) is 0 Å². The maximum absolute atomic E-state index is 12.4. The Kier molecular flexibility index (Phi) is 9.10. The molecule has 0 fully saturated rings. The molecule has 28 heavy (non-hydrogen) atoms. The van der Waals surface area contributed by atoms with Crippen molar-refractivity contribution in [2.45, 2.75) is 26.1 Å². The average Bonchev–Trinajstić information content (AvgIpc) is 2.74. The van der Waals surface area contributed by atoms with Crippen LogP contribution < -0.4 is 10.6 Å². The third-order valence-electron chi connectivity index (χ3n) is 3.99. The molecule has 1 aromatic heterocycles. The van der Waals surface area contributed by atoms with Crippen molar-refractivity contribution >= 4 is 11.8 Å². The number of methoxy groups -OCH3 is 1. The van der Waals surface area contributed by atoms with Gasteiger partial charge in [0.05, 0.1) is 12.7 Å². The molecule has 0 aliphatic rings. The summed E-state index contributed by atoms with van der Waals surface area (Å²) in [4.78, 5) is 28.5. The zero-order valence-electron chi connectivity index (χ0n) is 16.3. The first-order valence-electron chi connectivity index (χ1n) is 9.27. The summed E-state index contributed by atoms with van der Waals surface area (Å²) in [6.45, 7) is 3.81. The van der Waals surface area contributed by atoms with Crippen LogP contribution in [0.3, 0.4) is 0 Å². The van der Waals surface area contributed by atoms with E-state index in [-0.39, 0.29) is 23.6 Å². The highest BCUT2D eigenvalue weighted by atomic mass is 16.5. The summed E-state index contributed by atoms with van der Waals surface area (Å²) in [5.74, 6) is -0.587. The first-order chi connectivity index (χ1) is 13.6. The highest BCUT2D eigenvalue weighted by molar-refractivity contribution is 5.98. The molecular weight excluding hydrogens is 358 g/mol. The summed E-state index contributed by atoms with van der Waals surface area (Å²) in [5, 5.41) is 5.57. The van der Waals surface area contributed by atoms with Gasteiger partial charge in [-0.2, -0.15) is 0 Å². The van der Waals surface area contributed by atoms with E-state index in [1.807, 2.05) is 37.3 Å². The minimum atomic E-state index is -0.315. The fraction of sp³-hybridized carbons (Fsp3) is 0.381. The van der Waals surface area contributed by atoms with Crippen molar-refractivity contribution in [3.05, 3.63) is 65.5 Å². The monoisotopic (exact) mass is 385 g/mol. The van der Waals surface area contributed by atoms with Gasteiger partial charge in [-0.25, -0.2) is 0 Å². The van der Waals surface area contributed by atoms with Gasteiger partial charge in [0.2, 0.25) is 0 Å². The summed E-state index contributed by atoms with van der Waals surface area (Å²) in [6.07, 6.45) is 2.02. The molecule has 0 aliphatic heterocycles. The number of amides is 2. The molecule has 1 unspecified atom stereocenters. The number of carbonyl (C=O) groups excluding carboxylic acids is 2. The molecule has 1 heterocycles. The molecule has 0 saturated carbocycles. The van der Waals surface area contributed by atoms with Gasteiger partial charge in [-0.3, -0.25) is 14.6 Å². The van der Waals surface area contributed by atoms with Crippen LogP contribution in [0.2, 0.25) is 0 Å². The number of hydrogen-bond acceptors (Lipinski definition) is 5. The van der Waals surface area contributed by atoms with E-state index in [2.05, 4.69) is 15.6 Å². The predicted molar refractivity (Wildman–Crippen MR) is 106 cm³/mol. The van der Waals surface area contributed by atoms with E-state index in [0.717, 1.165) is 5.56 Å². The lowest BCUT2D eigenvalue weighted by molar-refractivity contribution is 0.0509. The fourth-order valence-corrected chi connectivity index (χ4v) is 2.42. The van der Waals surface area contributed by atoms with E-state index in [1.54, 1.807) is 13.2 Å². The van der Waals surface area contributed by atoms with Crippen molar-refractivity contribution in [1.82, 2.24) is 15.6 Å². The third kappa shape index (κ3) is 7.46. The zero-order chi connectivity index (χ0) is 20.2. The van der Waals surface area contributed by atoms with Gasteiger partial charge in [-0.15, -0.1) is 0 Å². The number of benzene rings is 1. The number of pyridine rings is 1. The predicted octanol–water partition coefficient (Wildman–Crippen LogP) is 2.18. The molecular formula is C21H27N3O4. The van der Waals surface area contributed by atoms with Crippen LogP contribution in [0.15, 0.2) is 48.7 Å². The van der Waals surface area contributed by atoms with Crippen molar-refractivity contribution < 1.29 is 19.1 Å². The molecule has 0 saturated heterocycles. The molecule has 0 bridgehead atoms. The molecule has 0 aliphatic carbocycles. The lowest BCUT2D eigenvalue weighted by atomic mass is 10.2. The van der Waals surface area contributed by atoms with Crippen LogP contribution in [0.1, 0.15) is 39.8 Å². The molecule has 2 amide bonds. The normalized spacial score (nSPS) is 11.6. The smallest absolute Gasteiger partial charge is 0.269 e. The summed E-state index contributed by atoms with van der Waals surface area (Å²) in [7, 11) is 1.61. The van der Waals surface area contributed by atoms with Crippen LogP contribution in [0.4, 0.5) is 0 Å². The Balaban J connectivity index is 1.79. The summed E-state index contributed by atoms with van der Waals surface area (Å²) in [5.41, 5.74) is 1.67. The second-order valence-electron chi connectivity index (χ2n) is 6.35. The van der Waals surface area contributed by atoms with E-state index in [4.69, 9.17) is 9.47 Å². The SMILES string of the molecule is COCCCNC(=O)c1cc(C(=O)NCC(C)OCc2ccccc2)ccn1. The molecule has 2 aromatic rings. The molecule has 1 atom stereocenters. The summed E-state index contributed by atoms with van der Waals surface area (Å²) >= 11 is 0. The Hall–Kier alpha value is -2.77. The molecule has 150 valence electrons. The zero-order valence-corrected chi connectivity index (χ0v) is 16.3. The third-order valence-corrected chi connectivity index (χ3v) is 3.99. The maximum atomic E-state index is 12.4. The van der Waals surface area contributed by atoms with Gasteiger partial charge < -0.3 is 20.1 Å². The Labute approximate surface area is 165 Å². The molecule has 7 nitrogen and oxygen atoms in total. The van der Waals surface area contributed by atoms with Crippen LogP contribution in [0.5, 0.6) is 0 Å². The number of rotatable bonds is 11. The van der Waals surface area contributed by atoms with Crippen molar-refractivity contribution in [3.8, 4) is 0 Å². The number of hydrogen-bond donors (Lipinski definition) is 2. The van der Waals surface area contributed by atoms with Crippen LogP contribution in [-0.2, 0) is 16.1 Å². The highest BCUT2D eigenvalue weighted by Crippen LogP contribution is 2.05. The number of carbonyl (C=O) groups is 2. The second kappa shape index (κ2) is 11.8. The minimum absolute atomic E-state index is 0.144. The van der Waals surface area contributed by atoms with Gasteiger partial charge in [0.25, 0.3) is 11.8 Å². The highest BCUT2D eigenvalue weighted by Gasteiger charge is 2.12. The topological polar surface area (TPSA) is 89.5 Å². The maximum Gasteiger partial charge on any atom is 0.269 e. The van der Waals surface area contributed by atoms with Crippen molar-refractivity contribution in [3.63, 3.8) is 0 Å². The van der Waals surface area contributed by atoms with Crippen molar-refractivity contribution in [2.24, 2.45) is 0 Å². The largest absolute Gasteiger partial charge is 0.385 e. The molecule has 0 spiro atoms. The average molecular weight is 385 g/mol. The summed E-state index contributed by atoms with van der Waals surface area (Å²) in [6, 6.07) is 12.9. The van der Waals surface area contributed by atoms with Gasteiger partial charge in [0.1, 0.15) is 5.69 Å². The molecule has 7 heteroatoms. The Morgan fingerprint density at radius 3 is 2.64 bits per heavy atom. The number of nitrogens with zero attached hydrogens (tertiary/aromatic N) is 1. The molecule has 2 N–H and O–H groups in total. The fourth-order valence-electron chi connectivity index (χ4n) is 2.42. The van der Waals surface area contributed by atoms with E-state index < -0.39 is 0 Å². The number of ether oxygens (including phenoxy) is 2. The Morgan fingerprint density at radius 2 is 1.89 bits per heavy atom. The molecule has 1 aromatic carbocycles. The van der Waals surface area contributed by atoms with Crippen LogP contribution >= 0.6 is 0 Å².